The lowest BCUT2D eigenvalue weighted by molar-refractivity contribution is -0.139. The van der Waals surface area contributed by atoms with Gasteiger partial charge in [-0.25, -0.2) is 9.59 Å². The van der Waals surface area contributed by atoms with Crippen LogP contribution in [0.5, 0.6) is 5.75 Å². The normalized spacial score (nSPS) is 16.4. The number of likely N-dealkylation sites (N-methyl/N-ethyl adjacent to an activating group) is 1. The number of halogens is 1. The van der Waals surface area contributed by atoms with Crippen molar-refractivity contribution in [3.05, 3.63) is 75.4 Å². The molecule has 2 aromatic rings. The van der Waals surface area contributed by atoms with Crippen molar-refractivity contribution in [1.29, 1.82) is 0 Å². The van der Waals surface area contributed by atoms with Crippen LogP contribution in [-0.4, -0.2) is 37.2 Å². The molecule has 2 aromatic carbocycles. The number of nitrogens with one attached hydrogen (secondary N) is 1. The highest BCUT2D eigenvalue weighted by molar-refractivity contribution is 6.30. The SMILES string of the molecule is CCOC(=O)C1=C(COc2ccc(C)c(C)c2)N(C)C(=O)NC1c1ccc(Cl)cc1. The van der Waals surface area contributed by atoms with Gasteiger partial charge in [0, 0.05) is 12.1 Å². The van der Waals surface area contributed by atoms with Crippen LogP contribution in [0.15, 0.2) is 53.7 Å². The first-order valence-electron chi connectivity index (χ1n) is 9.71. The van der Waals surface area contributed by atoms with Crippen LogP contribution >= 0.6 is 11.6 Å². The van der Waals surface area contributed by atoms with Crippen molar-refractivity contribution in [1.82, 2.24) is 10.2 Å². The van der Waals surface area contributed by atoms with Crippen LogP contribution in [0.3, 0.4) is 0 Å². The molecule has 7 heteroatoms. The summed E-state index contributed by atoms with van der Waals surface area (Å²) in [6.45, 7) is 6.04. The summed E-state index contributed by atoms with van der Waals surface area (Å²) in [5.41, 5.74) is 3.78. The number of benzene rings is 2. The van der Waals surface area contributed by atoms with Crippen LogP contribution in [0, 0.1) is 13.8 Å². The Morgan fingerprint density at radius 1 is 1.13 bits per heavy atom. The quantitative estimate of drug-likeness (QED) is 0.685. The van der Waals surface area contributed by atoms with Crippen LogP contribution < -0.4 is 10.1 Å². The zero-order valence-corrected chi connectivity index (χ0v) is 18.2. The molecule has 3 rings (SSSR count). The monoisotopic (exact) mass is 428 g/mol. The van der Waals surface area contributed by atoms with Crippen LogP contribution in [0.1, 0.15) is 29.7 Å². The van der Waals surface area contributed by atoms with E-state index in [9.17, 15) is 9.59 Å². The van der Waals surface area contributed by atoms with Crippen molar-refractivity contribution < 1.29 is 19.1 Å². The van der Waals surface area contributed by atoms with Crippen molar-refractivity contribution in [2.24, 2.45) is 0 Å². The van der Waals surface area contributed by atoms with Gasteiger partial charge in [0.05, 0.1) is 23.9 Å². The second-order valence-corrected chi connectivity index (χ2v) is 7.55. The fourth-order valence-corrected chi connectivity index (χ4v) is 3.37. The largest absolute Gasteiger partial charge is 0.487 e. The Hall–Kier alpha value is -2.99. The second-order valence-electron chi connectivity index (χ2n) is 7.11. The van der Waals surface area contributed by atoms with E-state index in [0.29, 0.717) is 22.0 Å². The van der Waals surface area contributed by atoms with Gasteiger partial charge >= 0.3 is 12.0 Å². The predicted molar refractivity (Wildman–Crippen MR) is 116 cm³/mol. The topological polar surface area (TPSA) is 67.9 Å². The smallest absolute Gasteiger partial charge is 0.338 e. The van der Waals surface area contributed by atoms with Gasteiger partial charge in [-0.05, 0) is 61.7 Å². The molecule has 1 atom stereocenters. The van der Waals surface area contributed by atoms with E-state index in [-0.39, 0.29) is 19.2 Å². The first-order valence-corrected chi connectivity index (χ1v) is 10.1. The summed E-state index contributed by atoms with van der Waals surface area (Å²) < 4.78 is 11.3. The van der Waals surface area contributed by atoms with Gasteiger partial charge in [-0.2, -0.15) is 0 Å². The summed E-state index contributed by atoms with van der Waals surface area (Å²) in [7, 11) is 1.60. The molecule has 0 radical (unpaired) electrons. The molecule has 0 saturated heterocycles. The Labute approximate surface area is 181 Å². The van der Waals surface area contributed by atoms with E-state index in [4.69, 9.17) is 21.1 Å². The van der Waals surface area contributed by atoms with Crippen molar-refractivity contribution >= 4 is 23.6 Å². The van der Waals surface area contributed by atoms with Crippen LogP contribution in [-0.2, 0) is 9.53 Å². The Kier molecular flexibility index (Phi) is 6.67. The molecular weight excluding hydrogens is 404 g/mol. The van der Waals surface area contributed by atoms with E-state index in [1.807, 2.05) is 32.0 Å². The fourth-order valence-electron chi connectivity index (χ4n) is 3.24. The average Bonchev–Trinajstić information content (AvgIpc) is 2.72. The average molecular weight is 429 g/mol. The first-order chi connectivity index (χ1) is 14.3. The van der Waals surface area contributed by atoms with Gasteiger partial charge in [-0.1, -0.05) is 29.8 Å². The molecule has 158 valence electrons. The number of amides is 2. The predicted octanol–water partition coefficient (Wildman–Crippen LogP) is 4.55. The maximum absolute atomic E-state index is 12.9. The van der Waals surface area contributed by atoms with Crippen molar-refractivity contribution in [3.8, 4) is 5.75 Å². The number of ether oxygens (including phenoxy) is 2. The van der Waals surface area contributed by atoms with Gasteiger partial charge in [0.25, 0.3) is 0 Å². The molecular formula is C23H25ClN2O4. The van der Waals surface area contributed by atoms with Crippen molar-refractivity contribution in [3.63, 3.8) is 0 Å². The molecule has 0 aromatic heterocycles. The molecule has 30 heavy (non-hydrogen) atoms. The number of nitrogens with zero attached hydrogens (tertiary/aromatic N) is 1. The van der Waals surface area contributed by atoms with Gasteiger partial charge < -0.3 is 14.8 Å². The lowest BCUT2D eigenvalue weighted by Crippen LogP contribution is -2.48. The maximum Gasteiger partial charge on any atom is 0.338 e. The summed E-state index contributed by atoms with van der Waals surface area (Å²) >= 11 is 6.00. The molecule has 0 fully saturated rings. The molecule has 2 amide bonds. The van der Waals surface area contributed by atoms with E-state index in [2.05, 4.69) is 5.32 Å². The van der Waals surface area contributed by atoms with Crippen LogP contribution in [0.4, 0.5) is 4.79 Å². The minimum Gasteiger partial charge on any atom is -0.487 e. The molecule has 0 spiro atoms. The standard InChI is InChI=1S/C23H25ClN2O4/c1-5-29-22(27)20-19(13-30-18-11-6-14(2)15(3)12-18)26(4)23(28)25-21(20)16-7-9-17(24)10-8-16/h6-12,21H,5,13H2,1-4H3,(H,25,28). The van der Waals surface area contributed by atoms with Gasteiger partial charge in [0.15, 0.2) is 0 Å². The van der Waals surface area contributed by atoms with E-state index < -0.39 is 12.0 Å². The number of aryl methyl sites for hydroxylation is 2. The van der Waals surface area contributed by atoms with Crippen LogP contribution in [0.25, 0.3) is 0 Å². The maximum atomic E-state index is 12.9. The number of hydrogen-bond donors (Lipinski definition) is 1. The molecule has 1 aliphatic rings. The van der Waals surface area contributed by atoms with Gasteiger partial charge in [-0.3, -0.25) is 4.90 Å². The lowest BCUT2D eigenvalue weighted by Gasteiger charge is -2.34. The Morgan fingerprint density at radius 3 is 2.47 bits per heavy atom. The van der Waals surface area contributed by atoms with Crippen molar-refractivity contribution in [2.75, 3.05) is 20.3 Å². The number of esters is 1. The zero-order chi connectivity index (χ0) is 21.8. The van der Waals surface area contributed by atoms with Gasteiger partial charge in [-0.15, -0.1) is 0 Å². The van der Waals surface area contributed by atoms with E-state index >= 15 is 0 Å². The third-order valence-corrected chi connectivity index (χ3v) is 5.38. The molecule has 1 unspecified atom stereocenters. The van der Waals surface area contributed by atoms with Crippen molar-refractivity contribution in [2.45, 2.75) is 26.8 Å². The highest BCUT2D eigenvalue weighted by Crippen LogP contribution is 2.32. The van der Waals surface area contributed by atoms with Crippen LogP contribution in [0.2, 0.25) is 5.02 Å². The lowest BCUT2D eigenvalue weighted by atomic mass is 9.95. The van der Waals surface area contributed by atoms with E-state index in [1.165, 1.54) is 4.90 Å². The minimum absolute atomic E-state index is 0.0463. The highest BCUT2D eigenvalue weighted by atomic mass is 35.5. The Bertz CT molecular complexity index is 985. The zero-order valence-electron chi connectivity index (χ0n) is 17.5. The van der Waals surface area contributed by atoms with Gasteiger partial charge in [0.2, 0.25) is 0 Å². The molecule has 6 nitrogen and oxygen atoms in total. The second kappa shape index (κ2) is 9.22. The highest BCUT2D eigenvalue weighted by Gasteiger charge is 2.37. The number of urea groups is 1. The summed E-state index contributed by atoms with van der Waals surface area (Å²) in [4.78, 5) is 26.9. The van der Waals surface area contributed by atoms with E-state index in [0.717, 1.165) is 16.7 Å². The molecule has 1 heterocycles. The molecule has 1 N–H and O–H groups in total. The summed E-state index contributed by atoms with van der Waals surface area (Å²) in [6.07, 6.45) is 0. The minimum atomic E-state index is -0.664. The third-order valence-electron chi connectivity index (χ3n) is 5.13. The fraction of sp³-hybridized carbons (Fsp3) is 0.304. The Balaban J connectivity index is 2.01. The number of carbonyl (C=O) groups is 2. The molecule has 0 bridgehead atoms. The van der Waals surface area contributed by atoms with E-state index in [1.54, 1.807) is 38.2 Å². The summed E-state index contributed by atoms with van der Waals surface area (Å²) in [6, 6.07) is 11.8. The number of carbonyl (C=O) groups excluding carboxylic acids is 2. The Morgan fingerprint density at radius 2 is 1.83 bits per heavy atom. The molecule has 1 aliphatic heterocycles. The summed E-state index contributed by atoms with van der Waals surface area (Å²) in [5.74, 6) is 0.166. The molecule has 0 aliphatic carbocycles. The first kappa shape index (κ1) is 21.7. The molecule has 0 saturated carbocycles. The number of rotatable bonds is 6. The number of hydrogen-bond acceptors (Lipinski definition) is 4. The summed E-state index contributed by atoms with van der Waals surface area (Å²) in [5, 5.41) is 3.43. The van der Waals surface area contributed by atoms with Gasteiger partial charge in [0.1, 0.15) is 12.4 Å². The third kappa shape index (κ3) is 4.60.